The molecule has 110 valence electrons. The van der Waals surface area contributed by atoms with Crippen molar-refractivity contribution in [3.8, 4) is 11.4 Å². The highest BCUT2D eigenvalue weighted by atomic mass is 32.1. The monoisotopic (exact) mass is 298 g/mol. The zero-order chi connectivity index (χ0) is 14.8. The molecule has 3 heteroatoms. The molecular weight excluding hydrogens is 276 g/mol. The Bertz CT molecular complexity index is 686. The van der Waals surface area contributed by atoms with E-state index >= 15 is 0 Å². The van der Waals surface area contributed by atoms with Crippen LogP contribution in [0.2, 0.25) is 0 Å². The summed E-state index contributed by atoms with van der Waals surface area (Å²) in [7, 11) is 0. The maximum atomic E-state index is 5.54. The second kappa shape index (κ2) is 6.10. The Labute approximate surface area is 131 Å². The number of fused-ring (bicyclic) bond motifs is 1. The molecule has 0 bridgehead atoms. The van der Waals surface area contributed by atoms with Crippen LogP contribution in [0, 0.1) is 10.6 Å². The summed E-state index contributed by atoms with van der Waals surface area (Å²) < 4.78 is 3.23. The lowest BCUT2D eigenvalue weighted by Gasteiger charge is -2.19. The molecule has 1 aliphatic rings. The SMILES string of the molecule is CC(C)CCn1c(-c2ccccc2)nc(=S)c2c1CCC2. The van der Waals surface area contributed by atoms with Crippen molar-refractivity contribution in [3.63, 3.8) is 0 Å². The molecule has 0 unspecified atom stereocenters. The van der Waals surface area contributed by atoms with Crippen LogP contribution >= 0.6 is 12.2 Å². The first-order valence-electron chi connectivity index (χ1n) is 7.85. The predicted molar refractivity (Wildman–Crippen MR) is 90.0 cm³/mol. The molecule has 0 saturated carbocycles. The Morgan fingerprint density at radius 2 is 1.95 bits per heavy atom. The standard InChI is InChI=1S/C18H22N2S/c1-13(2)11-12-20-16-10-6-9-15(16)18(21)19-17(20)14-7-4-3-5-8-14/h3-5,7-8,13H,6,9-12H2,1-2H3. The van der Waals surface area contributed by atoms with Gasteiger partial charge in [0.1, 0.15) is 10.5 Å². The van der Waals surface area contributed by atoms with Crippen molar-refractivity contribution in [1.82, 2.24) is 9.55 Å². The third-order valence-corrected chi connectivity index (χ3v) is 4.54. The van der Waals surface area contributed by atoms with Crippen LogP contribution in [0.15, 0.2) is 30.3 Å². The molecule has 0 spiro atoms. The lowest BCUT2D eigenvalue weighted by molar-refractivity contribution is 0.505. The van der Waals surface area contributed by atoms with Gasteiger partial charge in [0.05, 0.1) is 0 Å². The number of rotatable bonds is 4. The van der Waals surface area contributed by atoms with Crippen LogP contribution in [0.25, 0.3) is 11.4 Å². The summed E-state index contributed by atoms with van der Waals surface area (Å²) in [5.41, 5.74) is 3.91. The van der Waals surface area contributed by atoms with E-state index in [0.29, 0.717) is 5.92 Å². The van der Waals surface area contributed by atoms with E-state index in [1.165, 1.54) is 29.7 Å². The van der Waals surface area contributed by atoms with E-state index in [4.69, 9.17) is 17.2 Å². The normalized spacial score (nSPS) is 13.7. The fourth-order valence-electron chi connectivity index (χ4n) is 3.04. The maximum absolute atomic E-state index is 5.54. The van der Waals surface area contributed by atoms with Gasteiger partial charge in [0.2, 0.25) is 0 Å². The molecule has 0 atom stereocenters. The minimum Gasteiger partial charge on any atom is -0.329 e. The molecule has 1 aliphatic carbocycles. The summed E-state index contributed by atoms with van der Waals surface area (Å²) in [4.78, 5) is 4.77. The zero-order valence-corrected chi connectivity index (χ0v) is 13.6. The van der Waals surface area contributed by atoms with Crippen LogP contribution in [0.5, 0.6) is 0 Å². The molecule has 0 fully saturated rings. The van der Waals surface area contributed by atoms with Crippen molar-refractivity contribution in [2.75, 3.05) is 0 Å². The first-order chi connectivity index (χ1) is 10.2. The van der Waals surface area contributed by atoms with E-state index in [1.54, 1.807) is 0 Å². The third kappa shape index (κ3) is 2.93. The topological polar surface area (TPSA) is 17.8 Å². The largest absolute Gasteiger partial charge is 0.329 e. The summed E-state index contributed by atoms with van der Waals surface area (Å²) in [6, 6.07) is 10.4. The van der Waals surface area contributed by atoms with Gasteiger partial charge < -0.3 is 4.57 Å². The summed E-state index contributed by atoms with van der Waals surface area (Å²) in [5.74, 6) is 1.74. The van der Waals surface area contributed by atoms with Gasteiger partial charge in [0.15, 0.2) is 0 Å². The number of nitrogens with zero attached hydrogens (tertiary/aromatic N) is 2. The van der Waals surface area contributed by atoms with E-state index in [9.17, 15) is 0 Å². The summed E-state index contributed by atoms with van der Waals surface area (Å²) in [6.45, 7) is 5.59. The van der Waals surface area contributed by atoms with Crippen LogP contribution in [0.1, 0.15) is 37.9 Å². The van der Waals surface area contributed by atoms with Crippen LogP contribution in [0.3, 0.4) is 0 Å². The van der Waals surface area contributed by atoms with Crippen molar-refractivity contribution < 1.29 is 0 Å². The number of benzene rings is 1. The molecule has 1 aromatic heterocycles. The van der Waals surface area contributed by atoms with Crippen molar-refractivity contribution in [2.24, 2.45) is 5.92 Å². The summed E-state index contributed by atoms with van der Waals surface area (Å²) in [6.07, 6.45) is 4.62. The highest BCUT2D eigenvalue weighted by molar-refractivity contribution is 7.71. The van der Waals surface area contributed by atoms with E-state index in [0.717, 1.165) is 29.9 Å². The molecule has 0 N–H and O–H groups in total. The number of hydrogen-bond acceptors (Lipinski definition) is 2. The lowest BCUT2D eigenvalue weighted by Crippen LogP contribution is -2.13. The van der Waals surface area contributed by atoms with Gasteiger partial charge in [-0.15, -0.1) is 0 Å². The molecule has 21 heavy (non-hydrogen) atoms. The van der Waals surface area contributed by atoms with Gasteiger partial charge in [0, 0.05) is 23.4 Å². The second-order valence-electron chi connectivity index (χ2n) is 6.22. The second-order valence-corrected chi connectivity index (χ2v) is 6.61. The average molecular weight is 298 g/mol. The number of aromatic nitrogens is 2. The van der Waals surface area contributed by atoms with Gasteiger partial charge in [0.25, 0.3) is 0 Å². The van der Waals surface area contributed by atoms with E-state index in [1.807, 2.05) is 6.07 Å². The summed E-state index contributed by atoms with van der Waals surface area (Å²) >= 11 is 5.54. The molecular formula is C18H22N2S. The molecule has 1 heterocycles. The van der Waals surface area contributed by atoms with E-state index < -0.39 is 0 Å². The molecule has 0 saturated heterocycles. The highest BCUT2D eigenvalue weighted by Crippen LogP contribution is 2.28. The quantitative estimate of drug-likeness (QED) is 0.754. The maximum Gasteiger partial charge on any atom is 0.141 e. The van der Waals surface area contributed by atoms with E-state index in [-0.39, 0.29) is 0 Å². The van der Waals surface area contributed by atoms with Gasteiger partial charge in [-0.25, -0.2) is 4.98 Å². The minimum absolute atomic E-state index is 0.696. The average Bonchev–Trinajstić information content (AvgIpc) is 2.97. The fourth-order valence-corrected chi connectivity index (χ4v) is 3.35. The Morgan fingerprint density at radius 3 is 2.67 bits per heavy atom. The Morgan fingerprint density at radius 1 is 1.19 bits per heavy atom. The van der Waals surface area contributed by atoms with Crippen molar-refractivity contribution >= 4 is 12.2 Å². The Kier molecular flexibility index (Phi) is 4.20. The molecule has 0 aliphatic heterocycles. The molecule has 2 aromatic rings. The molecule has 2 nitrogen and oxygen atoms in total. The zero-order valence-electron chi connectivity index (χ0n) is 12.8. The van der Waals surface area contributed by atoms with E-state index in [2.05, 4.69) is 42.7 Å². The first kappa shape index (κ1) is 14.5. The van der Waals surface area contributed by atoms with Gasteiger partial charge in [-0.1, -0.05) is 56.4 Å². The van der Waals surface area contributed by atoms with Crippen molar-refractivity contribution in [1.29, 1.82) is 0 Å². The minimum atomic E-state index is 0.696. The number of hydrogen-bond donors (Lipinski definition) is 0. The molecule has 0 amide bonds. The Hall–Kier alpha value is -1.48. The predicted octanol–water partition coefficient (Wildman–Crippen LogP) is 4.81. The van der Waals surface area contributed by atoms with Gasteiger partial charge in [-0.2, -0.15) is 0 Å². The van der Waals surface area contributed by atoms with Crippen LogP contribution in [-0.2, 0) is 19.4 Å². The fraction of sp³-hybridized carbons (Fsp3) is 0.444. The van der Waals surface area contributed by atoms with Crippen molar-refractivity contribution in [3.05, 3.63) is 46.2 Å². The lowest BCUT2D eigenvalue weighted by atomic mass is 10.1. The Balaban J connectivity index is 2.14. The highest BCUT2D eigenvalue weighted by Gasteiger charge is 2.20. The molecule has 1 aromatic carbocycles. The van der Waals surface area contributed by atoms with Crippen LogP contribution in [0.4, 0.5) is 0 Å². The first-order valence-corrected chi connectivity index (χ1v) is 8.25. The van der Waals surface area contributed by atoms with Crippen molar-refractivity contribution in [2.45, 2.75) is 46.1 Å². The van der Waals surface area contributed by atoms with Gasteiger partial charge in [-0.3, -0.25) is 0 Å². The molecule has 0 radical (unpaired) electrons. The van der Waals surface area contributed by atoms with Gasteiger partial charge >= 0.3 is 0 Å². The summed E-state index contributed by atoms with van der Waals surface area (Å²) in [5, 5.41) is 0. The molecule has 3 rings (SSSR count). The van der Waals surface area contributed by atoms with Gasteiger partial charge in [-0.05, 0) is 31.6 Å². The van der Waals surface area contributed by atoms with Crippen LogP contribution < -0.4 is 0 Å². The third-order valence-electron chi connectivity index (χ3n) is 4.20. The smallest absolute Gasteiger partial charge is 0.141 e. The van der Waals surface area contributed by atoms with Crippen LogP contribution in [-0.4, -0.2) is 9.55 Å².